The molecule has 1 heterocycles. The minimum absolute atomic E-state index is 0.0330. The number of hydrogen-bond donors (Lipinski definition) is 1. The highest BCUT2D eigenvalue weighted by Crippen LogP contribution is 2.27. The van der Waals surface area contributed by atoms with Crippen LogP contribution >= 0.6 is 0 Å². The molecule has 0 aliphatic carbocycles. The van der Waals surface area contributed by atoms with E-state index < -0.39 is 0 Å². The maximum absolute atomic E-state index is 12.0. The van der Waals surface area contributed by atoms with Crippen molar-refractivity contribution in [3.8, 4) is 0 Å². The van der Waals surface area contributed by atoms with E-state index in [-0.39, 0.29) is 17.7 Å². The zero-order valence-corrected chi connectivity index (χ0v) is 11.5. The number of nitrogens with zero attached hydrogens (tertiary/aromatic N) is 1. The van der Waals surface area contributed by atoms with Crippen molar-refractivity contribution in [2.45, 2.75) is 26.2 Å². The highest BCUT2D eigenvalue weighted by molar-refractivity contribution is 5.96. The highest BCUT2D eigenvalue weighted by atomic mass is 16.2. The summed E-state index contributed by atoms with van der Waals surface area (Å²) in [6.07, 6.45) is 1.78. The molecular weight excluding hydrogens is 240 g/mol. The van der Waals surface area contributed by atoms with Crippen molar-refractivity contribution in [3.05, 3.63) is 29.8 Å². The normalized spacial score (nSPS) is 17.6. The van der Waals surface area contributed by atoms with E-state index >= 15 is 0 Å². The fourth-order valence-corrected chi connectivity index (χ4v) is 2.31. The molecule has 19 heavy (non-hydrogen) atoms. The number of nitrogens with one attached hydrogen (secondary N) is 1. The van der Waals surface area contributed by atoms with Crippen molar-refractivity contribution in [2.24, 2.45) is 5.92 Å². The first-order chi connectivity index (χ1) is 9.11. The van der Waals surface area contributed by atoms with Gasteiger partial charge in [-0.1, -0.05) is 18.2 Å². The summed E-state index contributed by atoms with van der Waals surface area (Å²) >= 11 is 0. The molecule has 0 aromatic heterocycles. The molecule has 4 nitrogen and oxygen atoms in total. The van der Waals surface area contributed by atoms with Crippen LogP contribution in [0.15, 0.2) is 24.3 Å². The topological polar surface area (TPSA) is 49.4 Å². The lowest BCUT2D eigenvalue weighted by Crippen LogP contribution is -2.32. The number of fused-ring (bicyclic) bond motifs is 1. The molecule has 1 atom stereocenters. The van der Waals surface area contributed by atoms with E-state index in [0.717, 1.165) is 17.7 Å². The van der Waals surface area contributed by atoms with Gasteiger partial charge in [0.25, 0.3) is 0 Å². The monoisotopic (exact) mass is 260 g/mol. The van der Waals surface area contributed by atoms with Crippen LogP contribution < -0.4 is 5.32 Å². The zero-order chi connectivity index (χ0) is 13.8. The molecule has 4 heteroatoms. The summed E-state index contributed by atoms with van der Waals surface area (Å²) < 4.78 is 0. The van der Waals surface area contributed by atoms with Crippen LogP contribution in [-0.2, 0) is 16.0 Å². The van der Waals surface area contributed by atoms with E-state index in [1.54, 1.807) is 11.9 Å². The number of para-hydroxylation sites is 1. The third kappa shape index (κ3) is 3.13. The van der Waals surface area contributed by atoms with Gasteiger partial charge in [0, 0.05) is 31.6 Å². The second-order valence-electron chi connectivity index (χ2n) is 4.99. The summed E-state index contributed by atoms with van der Waals surface area (Å²) in [5, 5.41) is 2.91. The van der Waals surface area contributed by atoms with Crippen LogP contribution in [0.3, 0.4) is 0 Å². The van der Waals surface area contributed by atoms with Crippen LogP contribution in [0.2, 0.25) is 0 Å². The number of benzene rings is 1. The van der Waals surface area contributed by atoms with Gasteiger partial charge in [-0.3, -0.25) is 9.59 Å². The second kappa shape index (κ2) is 5.87. The van der Waals surface area contributed by atoms with E-state index in [9.17, 15) is 9.59 Å². The van der Waals surface area contributed by atoms with Gasteiger partial charge in [0.15, 0.2) is 0 Å². The van der Waals surface area contributed by atoms with Crippen LogP contribution in [0.5, 0.6) is 0 Å². The first-order valence-corrected chi connectivity index (χ1v) is 6.74. The molecule has 1 aliphatic rings. The SMILES string of the molecule is CCN(C)C(=O)CCC1Cc2ccccc2NC1=O. The van der Waals surface area contributed by atoms with E-state index in [1.807, 2.05) is 31.2 Å². The molecule has 2 amide bonds. The number of carbonyl (C=O) groups excluding carboxylic acids is 2. The Morgan fingerprint density at radius 1 is 1.42 bits per heavy atom. The van der Waals surface area contributed by atoms with Gasteiger partial charge < -0.3 is 10.2 Å². The fourth-order valence-electron chi connectivity index (χ4n) is 2.31. The first-order valence-electron chi connectivity index (χ1n) is 6.74. The van der Waals surface area contributed by atoms with Crippen molar-refractivity contribution in [3.63, 3.8) is 0 Å². The number of amides is 2. The highest BCUT2D eigenvalue weighted by Gasteiger charge is 2.26. The van der Waals surface area contributed by atoms with Gasteiger partial charge in [0.1, 0.15) is 0 Å². The van der Waals surface area contributed by atoms with E-state index in [1.165, 1.54) is 0 Å². The van der Waals surface area contributed by atoms with Crippen molar-refractivity contribution < 1.29 is 9.59 Å². The molecule has 1 N–H and O–H groups in total. The minimum Gasteiger partial charge on any atom is -0.346 e. The second-order valence-corrected chi connectivity index (χ2v) is 4.99. The van der Waals surface area contributed by atoms with Crippen LogP contribution in [0.1, 0.15) is 25.3 Å². The molecule has 0 spiro atoms. The lowest BCUT2D eigenvalue weighted by atomic mass is 9.89. The average molecular weight is 260 g/mol. The molecule has 0 saturated heterocycles. The van der Waals surface area contributed by atoms with Crippen LogP contribution in [0.4, 0.5) is 5.69 Å². The molecule has 0 bridgehead atoms. The van der Waals surface area contributed by atoms with Crippen LogP contribution in [0.25, 0.3) is 0 Å². The molecule has 0 radical (unpaired) electrons. The molecule has 0 fully saturated rings. The minimum atomic E-state index is -0.0934. The Balaban J connectivity index is 1.96. The van der Waals surface area contributed by atoms with Gasteiger partial charge in [-0.15, -0.1) is 0 Å². The number of carbonyl (C=O) groups is 2. The number of anilines is 1. The average Bonchev–Trinajstić information content (AvgIpc) is 2.43. The van der Waals surface area contributed by atoms with E-state index in [0.29, 0.717) is 19.4 Å². The predicted molar refractivity (Wildman–Crippen MR) is 74.8 cm³/mol. The van der Waals surface area contributed by atoms with Gasteiger partial charge in [-0.05, 0) is 31.4 Å². The lowest BCUT2D eigenvalue weighted by molar-refractivity contribution is -0.130. The third-order valence-electron chi connectivity index (χ3n) is 3.72. The molecule has 1 aliphatic heterocycles. The van der Waals surface area contributed by atoms with Gasteiger partial charge >= 0.3 is 0 Å². The zero-order valence-electron chi connectivity index (χ0n) is 11.5. The Labute approximate surface area is 113 Å². The third-order valence-corrected chi connectivity index (χ3v) is 3.72. The molecule has 1 aromatic carbocycles. The molecule has 0 saturated carbocycles. The lowest BCUT2D eigenvalue weighted by Gasteiger charge is -2.25. The molecule has 1 aromatic rings. The standard InChI is InChI=1S/C15H20N2O2/c1-3-17(2)14(18)9-8-12-10-11-6-4-5-7-13(11)16-15(12)19/h4-7,12H,3,8-10H2,1-2H3,(H,16,19). The van der Waals surface area contributed by atoms with Crippen molar-refractivity contribution in [1.82, 2.24) is 4.90 Å². The molecule has 1 unspecified atom stereocenters. The summed E-state index contributed by atoms with van der Waals surface area (Å²) in [7, 11) is 1.79. The Morgan fingerprint density at radius 3 is 2.89 bits per heavy atom. The maximum atomic E-state index is 12.0. The summed E-state index contributed by atoms with van der Waals surface area (Å²) in [6, 6.07) is 7.84. The Morgan fingerprint density at radius 2 is 2.16 bits per heavy atom. The van der Waals surface area contributed by atoms with Crippen LogP contribution in [0, 0.1) is 5.92 Å². The van der Waals surface area contributed by atoms with E-state index in [2.05, 4.69) is 5.32 Å². The van der Waals surface area contributed by atoms with Gasteiger partial charge in [0.2, 0.25) is 11.8 Å². The maximum Gasteiger partial charge on any atom is 0.227 e. The smallest absolute Gasteiger partial charge is 0.227 e. The van der Waals surface area contributed by atoms with Crippen LogP contribution in [-0.4, -0.2) is 30.3 Å². The quantitative estimate of drug-likeness (QED) is 0.900. The Bertz CT molecular complexity index is 485. The molecule has 2 rings (SSSR count). The van der Waals surface area contributed by atoms with E-state index in [4.69, 9.17) is 0 Å². The molecule has 102 valence electrons. The summed E-state index contributed by atoms with van der Waals surface area (Å²) in [6.45, 7) is 2.65. The summed E-state index contributed by atoms with van der Waals surface area (Å²) in [5.74, 6) is 0.0453. The predicted octanol–water partition coefficient (Wildman–Crippen LogP) is 2.06. The fraction of sp³-hybridized carbons (Fsp3) is 0.467. The van der Waals surface area contributed by atoms with Gasteiger partial charge in [0.05, 0.1) is 0 Å². The van der Waals surface area contributed by atoms with Crippen molar-refractivity contribution >= 4 is 17.5 Å². The number of rotatable bonds is 4. The Hall–Kier alpha value is -1.84. The van der Waals surface area contributed by atoms with Crippen molar-refractivity contribution in [1.29, 1.82) is 0 Å². The van der Waals surface area contributed by atoms with Crippen molar-refractivity contribution in [2.75, 3.05) is 18.9 Å². The summed E-state index contributed by atoms with van der Waals surface area (Å²) in [5.41, 5.74) is 2.06. The molecular formula is C15H20N2O2. The summed E-state index contributed by atoms with van der Waals surface area (Å²) in [4.78, 5) is 25.4. The van der Waals surface area contributed by atoms with Gasteiger partial charge in [-0.2, -0.15) is 0 Å². The van der Waals surface area contributed by atoms with Gasteiger partial charge in [-0.25, -0.2) is 0 Å². The largest absolute Gasteiger partial charge is 0.346 e. The number of hydrogen-bond acceptors (Lipinski definition) is 2. The first kappa shape index (κ1) is 13.6. The Kier molecular flexibility index (Phi) is 4.20.